The molecule has 0 aromatic heterocycles. The first-order valence-corrected chi connectivity index (χ1v) is 15.5. The molecule has 1 saturated carbocycles. The van der Waals surface area contributed by atoms with Crippen molar-refractivity contribution in [2.24, 2.45) is 11.8 Å². The summed E-state index contributed by atoms with van der Waals surface area (Å²) in [6, 6.07) is 7.33. The van der Waals surface area contributed by atoms with Gasteiger partial charge in [-0.25, -0.2) is 4.79 Å². The van der Waals surface area contributed by atoms with Crippen molar-refractivity contribution < 1.29 is 38.0 Å². The van der Waals surface area contributed by atoms with E-state index in [0.717, 1.165) is 44.3 Å². The maximum absolute atomic E-state index is 13.1. The first kappa shape index (κ1) is 32.5. The van der Waals surface area contributed by atoms with Crippen molar-refractivity contribution in [1.29, 1.82) is 0 Å². The van der Waals surface area contributed by atoms with Crippen molar-refractivity contribution in [3.8, 4) is 5.75 Å². The number of carbonyl (C=O) groups is 2. The molecule has 4 rings (SSSR count). The highest BCUT2D eigenvalue weighted by Gasteiger charge is 2.47. The van der Waals surface area contributed by atoms with Crippen molar-refractivity contribution in [2.45, 2.75) is 89.0 Å². The van der Waals surface area contributed by atoms with Crippen LogP contribution >= 0.6 is 11.6 Å². The predicted octanol–water partition coefficient (Wildman–Crippen LogP) is 6.71. The SMILES string of the molecule is COC(=O)C(CC=C=CC[C@H]1C(=O)CC[C@@H]1/C=C/CCOc1cccc(Cl)c1)(OC1CCCCO1)OC1CCCCO1. The number of benzene rings is 1. The lowest BCUT2D eigenvalue weighted by atomic mass is 9.91. The molecule has 3 fully saturated rings. The largest absolute Gasteiger partial charge is 0.493 e. The first-order chi connectivity index (χ1) is 20.5. The predicted molar refractivity (Wildman–Crippen MR) is 158 cm³/mol. The van der Waals surface area contributed by atoms with Gasteiger partial charge in [0.15, 0.2) is 12.6 Å². The van der Waals surface area contributed by atoms with Crippen LogP contribution in [0.2, 0.25) is 5.02 Å². The molecule has 0 spiro atoms. The Morgan fingerprint density at radius 2 is 1.81 bits per heavy atom. The number of methoxy groups -OCH3 is 1. The van der Waals surface area contributed by atoms with Crippen molar-refractivity contribution in [2.75, 3.05) is 26.9 Å². The molecule has 230 valence electrons. The number of halogens is 1. The Kier molecular flexibility index (Phi) is 13.1. The molecular weight excluding hydrogens is 560 g/mol. The van der Waals surface area contributed by atoms with Gasteiger partial charge in [-0.05, 0) is 94.1 Å². The van der Waals surface area contributed by atoms with Crippen LogP contribution < -0.4 is 4.74 Å². The summed E-state index contributed by atoms with van der Waals surface area (Å²) in [6.45, 7) is 1.67. The molecule has 1 aromatic rings. The van der Waals surface area contributed by atoms with Crippen LogP contribution in [0.3, 0.4) is 0 Å². The van der Waals surface area contributed by atoms with E-state index in [2.05, 4.69) is 17.9 Å². The van der Waals surface area contributed by atoms with E-state index in [-0.39, 0.29) is 24.0 Å². The van der Waals surface area contributed by atoms with Gasteiger partial charge < -0.3 is 28.4 Å². The Hall–Kier alpha value is -2.45. The van der Waals surface area contributed by atoms with E-state index in [9.17, 15) is 9.59 Å². The number of carbonyl (C=O) groups excluding carboxylic acids is 2. The smallest absolute Gasteiger partial charge is 0.367 e. The highest BCUT2D eigenvalue weighted by Crippen LogP contribution is 2.33. The van der Waals surface area contributed by atoms with Crippen molar-refractivity contribution in [3.05, 3.63) is 59.3 Å². The molecule has 0 bridgehead atoms. The number of hydrogen-bond acceptors (Lipinski definition) is 8. The minimum absolute atomic E-state index is 0.0739. The highest BCUT2D eigenvalue weighted by molar-refractivity contribution is 6.30. The molecule has 2 heterocycles. The Labute approximate surface area is 254 Å². The molecule has 42 heavy (non-hydrogen) atoms. The molecule has 8 nitrogen and oxygen atoms in total. The summed E-state index contributed by atoms with van der Waals surface area (Å²) in [5, 5.41) is 0.643. The van der Waals surface area contributed by atoms with Gasteiger partial charge in [-0.1, -0.05) is 29.8 Å². The average molecular weight is 603 g/mol. The number of hydrogen-bond donors (Lipinski definition) is 0. The molecular formula is C33H43ClO8. The Balaban J connectivity index is 1.35. The van der Waals surface area contributed by atoms with E-state index in [0.29, 0.717) is 50.5 Å². The quantitative estimate of drug-likeness (QED) is 0.0763. The van der Waals surface area contributed by atoms with E-state index >= 15 is 0 Å². The third-order valence-electron chi connectivity index (χ3n) is 7.78. The van der Waals surface area contributed by atoms with Gasteiger partial charge in [-0.15, -0.1) is 5.73 Å². The Bertz CT molecular complexity index is 1080. The number of Topliss-reactive ketones (excluding diaryl/α,β-unsaturated/α-hetero) is 1. The fourth-order valence-electron chi connectivity index (χ4n) is 5.51. The van der Waals surface area contributed by atoms with Crippen molar-refractivity contribution >= 4 is 23.4 Å². The minimum atomic E-state index is -1.71. The summed E-state index contributed by atoms with van der Waals surface area (Å²) >= 11 is 6.00. The van der Waals surface area contributed by atoms with Gasteiger partial charge in [0.05, 0.1) is 13.7 Å². The van der Waals surface area contributed by atoms with Crippen LogP contribution in [0.15, 0.2) is 54.3 Å². The molecule has 2 unspecified atom stereocenters. The maximum Gasteiger partial charge on any atom is 0.367 e. The molecule has 0 amide bonds. The van der Waals surface area contributed by atoms with E-state index in [1.807, 2.05) is 24.3 Å². The zero-order valence-electron chi connectivity index (χ0n) is 24.5. The number of allylic oxidation sites excluding steroid dienone is 1. The molecule has 3 aliphatic rings. The normalized spacial score (nSPS) is 25.9. The van der Waals surface area contributed by atoms with Gasteiger partial charge in [0, 0.05) is 37.0 Å². The number of rotatable bonds is 14. The summed E-state index contributed by atoms with van der Waals surface area (Å²) in [5.41, 5.74) is 3.15. The third-order valence-corrected chi connectivity index (χ3v) is 8.02. The molecule has 9 heteroatoms. The molecule has 1 aliphatic carbocycles. The van der Waals surface area contributed by atoms with E-state index < -0.39 is 24.3 Å². The van der Waals surface area contributed by atoms with Crippen LogP contribution in [-0.4, -0.2) is 57.1 Å². The highest BCUT2D eigenvalue weighted by atomic mass is 35.5. The minimum Gasteiger partial charge on any atom is -0.493 e. The fourth-order valence-corrected chi connectivity index (χ4v) is 5.69. The summed E-state index contributed by atoms with van der Waals surface area (Å²) in [6.07, 6.45) is 14.5. The van der Waals surface area contributed by atoms with Gasteiger partial charge >= 0.3 is 5.97 Å². The van der Waals surface area contributed by atoms with Crippen LogP contribution in [0.4, 0.5) is 0 Å². The molecule has 0 N–H and O–H groups in total. The summed E-state index contributed by atoms with van der Waals surface area (Å²) in [4.78, 5) is 25.7. The Morgan fingerprint density at radius 3 is 2.45 bits per heavy atom. The monoisotopic (exact) mass is 602 g/mol. The number of ketones is 1. The molecule has 2 saturated heterocycles. The van der Waals surface area contributed by atoms with Crippen LogP contribution in [0, 0.1) is 11.8 Å². The summed E-state index contributed by atoms with van der Waals surface area (Å²) in [5.74, 6) is -1.26. The second kappa shape index (κ2) is 17.0. The van der Waals surface area contributed by atoms with Crippen LogP contribution in [0.5, 0.6) is 5.75 Å². The van der Waals surface area contributed by atoms with Crippen LogP contribution in [0.25, 0.3) is 0 Å². The van der Waals surface area contributed by atoms with Crippen molar-refractivity contribution in [1.82, 2.24) is 0 Å². The van der Waals surface area contributed by atoms with Crippen LogP contribution in [-0.2, 0) is 33.3 Å². The standard InChI is InChI=1S/C33H43ClO8/c1-37-32(36)33(41-30-16-5-9-22-39-30,42-31-17-6-10-23-40-31)20-7-2-3-15-28-25(18-19-29(28)35)12-4-8-21-38-27-14-11-13-26(34)24-27/h3-4,7,11-14,24-25,28,30-31H,5-6,8-10,15-23H2,1H3/b12-4+/t2?,25-,28+,30?,31?,33?/m0/s1. The number of ether oxygens (including phenoxy) is 6. The molecule has 4 atom stereocenters. The number of esters is 1. The third kappa shape index (κ3) is 9.80. The van der Waals surface area contributed by atoms with Crippen molar-refractivity contribution in [3.63, 3.8) is 0 Å². The van der Waals surface area contributed by atoms with Gasteiger partial charge in [0.1, 0.15) is 11.5 Å². The lowest BCUT2D eigenvalue weighted by Gasteiger charge is -2.38. The molecule has 1 aromatic carbocycles. The zero-order chi connectivity index (χ0) is 29.6. The van der Waals surface area contributed by atoms with Crippen LogP contribution in [0.1, 0.15) is 70.6 Å². The van der Waals surface area contributed by atoms with Gasteiger partial charge in [-0.3, -0.25) is 4.79 Å². The average Bonchev–Trinajstić information content (AvgIpc) is 3.36. The zero-order valence-corrected chi connectivity index (χ0v) is 25.2. The first-order valence-electron chi connectivity index (χ1n) is 15.1. The lowest BCUT2D eigenvalue weighted by Crippen LogP contribution is -2.51. The van der Waals surface area contributed by atoms with E-state index in [1.54, 1.807) is 12.1 Å². The summed E-state index contributed by atoms with van der Waals surface area (Å²) in [7, 11) is 1.32. The molecule has 0 radical (unpaired) electrons. The second-order valence-electron chi connectivity index (χ2n) is 10.9. The van der Waals surface area contributed by atoms with E-state index in [1.165, 1.54) is 7.11 Å². The fraction of sp³-hybridized carbons (Fsp3) is 0.606. The summed E-state index contributed by atoms with van der Waals surface area (Å²) < 4.78 is 34.8. The maximum atomic E-state index is 13.1. The topological polar surface area (TPSA) is 89.5 Å². The Morgan fingerprint density at radius 1 is 1.07 bits per heavy atom. The molecule has 2 aliphatic heterocycles. The lowest BCUT2D eigenvalue weighted by molar-refractivity contribution is -0.350. The van der Waals surface area contributed by atoms with Gasteiger partial charge in [0.25, 0.3) is 5.79 Å². The van der Waals surface area contributed by atoms with E-state index in [4.69, 9.17) is 40.0 Å². The second-order valence-corrected chi connectivity index (χ2v) is 11.3. The van der Waals surface area contributed by atoms with Gasteiger partial charge in [0.2, 0.25) is 0 Å². The van der Waals surface area contributed by atoms with Gasteiger partial charge in [-0.2, -0.15) is 0 Å².